The monoisotopic (exact) mass is 337 g/mol. The van der Waals surface area contributed by atoms with E-state index in [-0.39, 0.29) is 5.91 Å². The second-order valence-electron chi connectivity index (χ2n) is 5.97. The predicted molar refractivity (Wildman–Crippen MR) is 98.8 cm³/mol. The predicted octanol–water partition coefficient (Wildman–Crippen LogP) is 3.65. The van der Waals surface area contributed by atoms with Crippen LogP contribution in [-0.2, 0) is 0 Å². The van der Waals surface area contributed by atoms with Crippen LogP contribution in [0.3, 0.4) is 0 Å². The van der Waals surface area contributed by atoms with Crippen LogP contribution in [0.2, 0.25) is 0 Å². The average molecular weight is 337 g/mol. The van der Waals surface area contributed by atoms with E-state index in [0.29, 0.717) is 0 Å². The molecule has 1 aliphatic heterocycles. The van der Waals surface area contributed by atoms with Crippen LogP contribution in [0.4, 0.5) is 5.13 Å². The van der Waals surface area contributed by atoms with E-state index < -0.39 is 0 Å². The summed E-state index contributed by atoms with van der Waals surface area (Å²) in [5.74, 6) is 0.132. The van der Waals surface area contributed by atoms with Gasteiger partial charge >= 0.3 is 0 Å². The van der Waals surface area contributed by atoms with Crippen LogP contribution in [0.15, 0.2) is 54.0 Å². The zero-order valence-electron chi connectivity index (χ0n) is 13.4. The molecule has 0 aliphatic carbocycles. The molecule has 0 bridgehead atoms. The van der Waals surface area contributed by atoms with Gasteiger partial charge in [-0.1, -0.05) is 36.4 Å². The van der Waals surface area contributed by atoms with Gasteiger partial charge in [0.05, 0.1) is 0 Å². The summed E-state index contributed by atoms with van der Waals surface area (Å²) in [6.07, 6.45) is 2.81. The van der Waals surface area contributed by atoms with Crippen LogP contribution in [0, 0.1) is 0 Å². The third kappa shape index (κ3) is 2.87. The van der Waals surface area contributed by atoms with E-state index in [2.05, 4.69) is 22.0 Å². The van der Waals surface area contributed by atoms with E-state index in [9.17, 15) is 4.79 Å². The van der Waals surface area contributed by atoms with Crippen LogP contribution >= 0.6 is 11.3 Å². The van der Waals surface area contributed by atoms with Crippen LogP contribution < -0.4 is 4.90 Å². The number of hydrogen-bond acceptors (Lipinski definition) is 4. The van der Waals surface area contributed by atoms with Crippen molar-refractivity contribution < 1.29 is 4.79 Å². The van der Waals surface area contributed by atoms with Gasteiger partial charge in [-0.05, 0) is 23.3 Å². The highest BCUT2D eigenvalue weighted by atomic mass is 32.1. The van der Waals surface area contributed by atoms with E-state index >= 15 is 0 Å². The van der Waals surface area contributed by atoms with Gasteiger partial charge in [0, 0.05) is 43.3 Å². The van der Waals surface area contributed by atoms with Gasteiger partial charge in [0.2, 0.25) is 0 Å². The number of thiazole rings is 1. The summed E-state index contributed by atoms with van der Waals surface area (Å²) in [5, 5.41) is 5.20. The first-order chi connectivity index (χ1) is 11.8. The van der Waals surface area contributed by atoms with Crippen molar-refractivity contribution in [3.8, 4) is 0 Å². The minimum absolute atomic E-state index is 0.132. The van der Waals surface area contributed by atoms with Crippen LogP contribution in [0.1, 0.15) is 16.8 Å². The summed E-state index contributed by atoms with van der Waals surface area (Å²) >= 11 is 1.66. The van der Waals surface area contributed by atoms with E-state index in [4.69, 9.17) is 0 Å². The van der Waals surface area contributed by atoms with Crippen molar-refractivity contribution in [2.75, 3.05) is 31.1 Å². The maximum absolute atomic E-state index is 13.1. The number of nitrogens with zero attached hydrogens (tertiary/aromatic N) is 3. The van der Waals surface area contributed by atoms with Gasteiger partial charge in [-0.25, -0.2) is 4.98 Å². The summed E-state index contributed by atoms with van der Waals surface area (Å²) in [6.45, 7) is 3.32. The first-order valence-corrected chi connectivity index (χ1v) is 9.12. The summed E-state index contributed by atoms with van der Waals surface area (Å²) in [5.41, 5.74) is 0.802. The van der Waals surface area contributed by atoms with E-state index in [1.165, 1.54) is 0 Å². The Balaban J connectivity index is 1.56. The summed E-state index contributed by atoms with van der Waals surface area (Å²) in [7, 11) is 0. The largest absolute Gasteiger partial charge is 0.346 e. The normalized spacial score (nSPS) is 15.5. The standard InChI is InChI=1S/C19H19N3OS/c23-18(17-8-3-6-15-5-1-2-7-16(15)17)21-10-4-11-22(13-12-21)19-20-9-14-24-19/h1-3,5-9,14H,4,10-13H2. The molecule has 0 saturated carbocycles. The molecule has 5 heteroatoms. The molecule has 0 atom stereocenters. The Hall–Kier alpha value is -2.40. The van der Waals surface area contributed by atoms with Gasteiger partial charge in [0.25, 0.3) is 5.91 Å². The molecule has 4 nitrogen and oxygen atoms in total. The number of aromatic nitrogens is 1. The molecule has 122 valence electrons. The second kappa shape index (κ2) is 6.61. The van der Waals surface area contributed by atoms with Gasteiger partial charge in [0.1, 0.15) is 0 Å². The molecule has 1 saturated heterocycles. The van der Waals surface area contributed by atoms with Crippen molar-refractivity contribution in [3.63, 3.8) is 0 Å². The lowest BCUT2D eigenvalue weighted by Crippen LogP contribution is -2.35. The number of benzene rings is 2. The van der Waals surface area contributed by atoms with E-state index in [1.54, 1.807) is 11.3 Å². The zero-order valence-corrected chi connectivity index (χ0v) is 14.2. The Bertz CT molecular complexity index is 841. The molecular formula is C19H19N3OS. The SMILES string of the molecule is O=C(c1cccc2ccccc12)N1CCCN(c2nccs2)CC1. The molecule has 2 heterocycles. The number of fused-ring (bicyclic) bond motifs is 1. The fraction of sp³-hybridized carbons (Fsp3) is 0.263. The molecule has 1 amide bonds. The summed E-state index contributed by atoms with van der Waals surface area (Å²) < 4.78 is 0. The van der Waals surface area contributed by atoms with Crippen molar-refractivity contribution in [1.29, 1.82) is 0 Å². The number of rotatable bonds is 2. The highest BCUT2D eigenvalue weighted by Gasteiger charge is 2.22. The highest BCUT2D eigenvalue weighted by Crippen LogP contribution is 2.22. The first-order valence-electron chi connectivity index (χ1n) is 8.24. The second-order valence-corrected chi connectivity index (χ2v) is 6.85. The maximum Gasteiger partial charge on any atom is 0.254 e. The van der Waals surface area contributed by atoms with Crippen LogP contribution in [0.25, 0.3) is 10.8 Å². The van der Waals surface area contributed by atoms with Gasteiger partial charge in [-0.15, -0.1) is 11.3 Å². The quantitative estimate of drug-likeness (QED) is 0.716. The molecule has 0 spiro atoms. The molecule has 0 unspecified atom stereocenters. The molecule has 3 aromatic rings. The Labute approximate surface area is 145 Å². The lowest BCUT2D eigenvalue weighted by Gasteiger charge is -2.22. The Morgan fingerprint density at radius 1 is 1.00 bits per heavy atom. The Kier molecular flexibility index (Phi) is 4.17. The topological polar surface area (TPSA) is 36.4 Å². The molecule has 1 aliphatic rings. The van der Waals surface area contributed by atoms with E-state index in [0.717, 1.165) is 54.1 Å². The number of hydrogen-bond donors (Lipinski definition) is 0. The molecule has 1 aromatic heterocycles. The van der Waals surface area contributed by atoms with Crippen molar-refractivity contribution in [2.45, 2.75) is 6.42 Å². The maximum atomic E-state index is 13.1. The van der Waals surface area contributed by atoms with Crippen LogP contribution in [0.5, 0.6) is 0 Å². The fourth-order valence-corrected chi connectivity index (χ4v) is 3.96. The Morgan fingerprint density at radius 2 is 1.88 bits per heavy atom. The number of amides is 1. The number of carbonyl (C=O) groups excluding carboxylic acids is 1. The van der Waals surface area contributed by atoms with Crippen molar-refractivity contribution in [3.05, 3.63) is 59.6 Å². The minimum atomic E-state index is 0.132. The zero-order chi connectivity index (χ0) is 16.4. The molecule has 24 heavy (non-hydrogen) atoms. The van der Waals surface area contributed by atoms with Gasteiger partial charge in [-0.3, -0.25) is 4.79 Å². The van der Waals surface area contributed by atoms with Crippen molar-refractivity contribution in [2.24, 2.45) is 0 Å². The minimum Gasteiger partial charge on any atom is -0.346 e. The third-order valence-corrected chi connectivity index (χ3v) is 5.33. The Morgan fingerprint density at radius 3 is 2.75 bits per heavy atom. The third-order valence-electron chi connectivity index (χ3n) is 4.49. The lowest BCUT2D eigenvalue weighted by molar-refractivity contribution is 0.0769. The molecule has 2 aromatic carbocycles. The molecular weight excluding hydrogens is 318 g/mol. The first kappa shape index (κ1) is 15.1. The molecule has 1 fully saturated rings. The fourth-order valence-electron chi connectivity index (χ4n) is 3.27. The molecule has 0 N–H and O–H groups in total. The van der Waals surface area contributed by atoms with Crippen molar-refractivity contribution in [1.82, 2.24) is 9.88 Å². The van der Waals surface area contributed by atoms with Crippen molar-refractivity contribution >= 4 is 33.1 Å². The summed E-state index contributed by atoms with van der Waals surface area (Å²) in [4.78, 5) is 21.7. The number of anilines is 1. The van der Waals surface area contributed by atoms with Gasteiger partial charge in [0.15, 0.2) is 5.13 Å². The highest BCUT2D eigenvalue weighted by molar-refractivity contribution is 7.13. The lowest BCUT2D eigenvalue weighted by atomic mass is 10.0. The number of carbonyl (C=O) groups is 1. The molecule has 0 radical (unpaired) electrons. The van der Waals surface area contributed by atoms with Crippen LogP contribution in [-0.4, -0.2) is 42.0 Å². The average Bonchev–Trinajstić information content (AvgIpc) is 3.05. The molecule has 4 rings (SSSR count). The van der Waals surface area contributed by atoms with Gasteiger partial charge in [-0.2, -0.15) is 0 Å². The smallest absolute Gasteiger partial charge is 0.254 e. The van der Waals surface area contributed by atoms with Gasteiger partial charge < -0.3 is 9.80 Å². The van der Waals surface area contributed by atoms with E-state index in [1.807, 2.05) is 46.8 Å². The summed E-state index contributed by atoms with van der Waals surface area (Å²) in [6, 6.07) is 14.0.